The lowest BCUT2D eigenvalue weighted by Crippen LogP contribution is -2.43. The topological polar surface area (TPSA) is 66.0 Å². The molecule has 8 heteroatoms. The molecule has 2 aliphatic rings. The molecule has 2 N–H and O–H groups in total. The van der Waals surface area contributed by atoms with Crippen LogP contribution in [0.15, 0.2) is 36.5 Å². The van der Waals surface area contributed by atoms with E-state index in [0.29, 0.717) is 12.0 Å². The molecule has 1 saturated carbocycles. The summed E-state index contributed by atoms with van der Waals surface area (Å²) in [7, 11) is 0. The van der Waals surface area contributed by atoms with Crippen LogP contribution in [0.1, 0.15) is 25.7 Å². The summed E-state index contributed by atoms with van der Waals surface area (Å²) in [6, 6.07) is 8.99. The molecule has 0 atom stereocenters. The van der Waals surface area contributed by atoms with Gasteiger partial charge in [0.25, 0.3) is 0 Å². The first kappa shape index (κ1) is 19.4. The van der Waals surface area contributed by atoms with Gasteiger partial charge in [0.05, 0.1) is 16.3 Å². The van der Waals surface area contributed by atoms with Gasteiger partial charge in [-0.15, -0.1) is 0 Å². The van der Waals surface area contributed by atoms with Crippen molar-refractivity contribution in [3.63, 3.8) is 0 Å². The van der Waals surface area contributed by atoms with Crippen LogP contribution in [0.3, 0.4) is 0 Å². The number of anilines is 2. The molecule has 0 spiro atoms. The Hall–Kier alpha value is -2.58. The minimum absolute atomic E-state index is 0.263. The molecule has 0 radical (unpaired) electrons. The average Bonchev–Trinajstić information content (AvgIpc) is 3.45. The molecule has 0 bridgehead atoms. The minimum Gasteiger partial charge on any atom is -0.351 e. The van der Waals surface area contributed by atoms with Crippen LogP contribution in [0.4, 0.5) is 15.5 Å². The molecule has 1 aliphatic heterocycles. The zero-order valence-corrected chi connectivity index (χ0v) is 17.6. The molecular weight excluding hydrogens is 399 g/mol. The largest absolute Gasteiger partial charge is 0.351 e. The van der Waals surface area contributed by atoms with Crippen LogP contribution in [0.5, 0.6) is 0 Å². The molecule has 156 valence electrons. The van der Waals surface area contributed by atoms with Gasteiger partial charge in [0.2, 0.25) is 5.95 Å². The van der Waals surface area contributed by atoms with E-state index in [1.807, 2.05) is 12.1 Å². The maximum Gasteiger partial charge on any atom is 0.223 e. The molecular formula is C22H25FN6S. The lowest BCUT2D eigenvalue weighted by atomic mass is 10.1. The number of rotatable bonds is 5. The number of halogens is 1. The number of hydrogen-bond acceptors (Lipinski definition) is 7. The zero-order chi connectivity index (χ0) is 20.3. The van der Waals surface area contributed by atoms with Crippen LogP contribution in [-0.4, -0.2) is 47.2 Å². The highest BCUT2D eigenvalue weighted by Gasteiger charge is 2.22. The average molecular weight is 425 g/mol. The van der Waals surface area contributed by atoms with Crippen LogP contribution < -0.4 is 15.5 Å². The molecule has 0 unspecified atom stereocenters. The Labute approximate surface area is 179 Å². The minimum atomic E-state index is -0.263. The first-order valence-electron chi connectivity index (χ1n) is 10.6. The molecule has 1 aliphatic carbocycles. The second-order valence-corrected chi connectivity index (χ2v) is 8.79. The first-order valence-corrected chi connectivity index (χ1v) is 11.4. The molecule has 1 saturated heterocycles. The molecule has 6 nitrogen and oxygen atoms in total. The van der Waals surface area contributed by atoms with Gasteiger partial charge >= 0.3 is 0 Å². The van der Waals surface area contributed by atoms with Crippen LogP contribution in [0, 0.1) is 5.82 Å². The van der Waals surface area contributed by atoms with Crippen molar-refractivity contribution in [2.75, 3.05) is 36.4 Å². The van der Waals surface area contributed by atoms with Gasteiger partial charge in [-0.2, -0.15) is 0 Å². The summed E-state index contributed by atoms with van der Waals surface area (Å²) >= 11 is 1.62. The van der Waals surface area contributed by atoms with Gasteiger partial charge in [0.1, 0.15) is 5.82 Å². The maximum absolute atomic E-state index is 14.0. The van der Waals surface area contributed by atoms with E-state index >= 15 is 0 Å². The highest BCUT2D eigenvalue weighted by molar-refractivity contribution is 7.19. The fourth-order valence-corrected chi connectivity index (χ4v) is 5.22. The fourth-order valence-electron chi connectivity index (χ4n) is 4.11. The molecule has 2 aromatic heterocycles. The zero-order valence-electron chi connectivity index (χ0n) is 16.8. The standard InChI is InChI=1S/C22H25FN6S/c23-16-5-3-4-15(14-16)19-20(30-22(28-19)29-12-10-24-11-13-29)18-8-9-25-21(27-18)26-17-6-1-2-7-17/h3-5,8-9,14,17,24H,1-2,6-7,10-13H2,(H,25,26,27). The quantitative estimate of drug-likeness (QED) is 0.641. The van der Waals surface area contributed by atoms with Crippen LogP contribution in [0.25, 0.3) is 21.8 Å². The Bertz CT molecular complexity index is 1010. The van der Waals surface area contributed by atoms with E-state index in [2.05, 4.69) is 20.5 Å². The Morgan fingerprint density at radius 2 is 1.93 bits per heavy atom. The summed E-state index contributed by atoms with van der Waals surface area (Å²) in [5.41, 5.74) is 2.37. The van der Waals surface area contributed by atoms with E-state index in [9.17, 15) is 4.39 Å². The maximum atomic E-state index is 14.0. The Kier molecular flexibility index (Phi) is 5.59. The van der Waals surface area contributed by atoms with Crippen LogP contribution >= 0.6 is 11.3 Å². The predicted molar refractivity (Wildman–Crippen MR) is 119 cm³/mol. The van der Waals surface area contributed by atoms with E-state index in [1.165, 1.54) is 18.9 Å². The number of nitrogens with zero attached hydrogens (tertiary/aromatic N) is 4. The van der Waals surface area contributed by atoms with Gasteiger partial charge < -0.3 is 15.5 Å². The highest BCUT2D eigenvalue weighted by atomic mass is 32.1. The highest BCUT2D eigenvalue weighted by Crippen LogP contribution is 2.40. The summed E-state index contributed by atoms with van der Waals surface area (Å²) in [5.74, 6) is 0.392. The third kappa shape index (κ3) is 4.15. The molecule has 0 amide bonds. The van der Waals surface area contributed by atoms with E-state index in [4.69, 9.17) is 9.97 Å². The lowest BCUT2D eigenvalue weighted by Gasteiger charge is -2.26. The molecule has 5 rings (SSSR count). The number of thiazole rings is 1. The summed E-state index contributed by atoms with van der Waals surface area (Å²) in [6.07, 6.45) is 6.62. The van der Waals surface area contributed by atoms with Crippen molar-refractivity contribution in [1.82, 2.24) is 20.3 Å². The van der Waals surface area contributed by atoms with Gasteiger partial charge in [-0.05, 0) is 31.0 Å². The molecule has 2 fully saturated rings. The van der Waals surface area contributed by atoms with Crippen molar-refractivity contribution >= 4 is 22.4 Å². The lowest BCUT2D eigenvalue weighted by molar-refractivity contribution is 0.588. The van der Waals surface area contributed by atoms with Crippen molar-refractivity contribution in [3.05, 3.63) is 42.3 Å². The summed E-state index contributed by atoms with van der Waals surface area (Å²) in [6.45, 7) is 3.70. The number of nitrogens with one attached hydrogen (secondary N) is 2. The van der Waals surface area contributed by atoms with Gasteiger partial charge in [-0.1, -0.05) is 36.3 Å². The second-order valence-electron chi connectivity index (χ2n) is 7.81. The summed E-state index contributed by atoms with van der Waals surface area (Å²) in [5, 5.41) is 7.80. The van der Waals surface area contributed by atoms with Gasteiger partial charge in [0.15, 0.2) is 5.13 Å². The number of aromatic nitrogens is 3. The predicted octanol–water partition coefficient (Wildman–Crippen LogP) is 4.17. The summed E-state index contributed by atoms with van der Waals surface area (Å²) in [4.78, 5) is 17.4. The van der Waals surface area contributed by atoms with Crippen LogP contribution in [0.2, 0.25) is 0 Å². The van der Waals surface area contributed by atoms with Gasteiger partial charge in [0, 0.05) is 44.0 Å². The monoisotopic (exact) mass is 424 g/mol. The smallest absolute Gasteiger partial charge is 0.223 e. The second kappa shape index (κ2) is 8.65. The molecule has 30 heavy (non-hydrogen) atoms. The number of benzene rings is 1. The molecule has 1 aromatic carbocycles. The van der Waals surface area contributed by atoms with Crippen molar-refractivity contribution < 1.29 is 4.39 Å². The number of hydrogen-bond donors (Lipinski definition) is 2. The van der Waals surface area contributed by atoms with Crippen molar-refractivity contribution in [2.45, 2.75) is 31.7 Å². The first-order chi connectivity index (χ1) is 14.8. The van der Waals surface area contributed by atoms with E-state index in [1.54, 1.807) is 29.7 Å². The SMILES string of the molecule is Fc1cccc(-c2nc(N3CCNCC3)sc2-c2ccnc(NC3CCCC3)n2)c1. The Balaban J connectivity index is 1.53. The number of piperazine rings is 1. The van der Waals surface area contributed by atoms with E-state index < -0.39 is 0 Å². The Morgan fingerprint density at radius 1 is 1.10 bits per heavy atom. The van der Waals surface area contributed by atoms with Crippen molar-refractivity contribution in [1.29, 1.82) is 0 Å². The third-order valence-electron chi connectivity index (χ3n) is 5.68. The van der Waals surface area contributed by atoms with Crippen molar-refractivity contribution in [2.24, 2.45) is 0 Å². The fraction of sp³-hybridized carbons (Fsp3) is 0.409. The van der Waals surface area contributed by atoms with Crippen molar-refractivity contribution in [3.8, 4) is 21.8 Å². The molecule has 3 heterocycles. The van der Waals surface area contributed by atoms with Gasteiger partial charge in [-0.3, -0.25) is 0 Å². The molecule has 3 aromatic rings. The normalized spacial score (nSPS) is 17.4. The third-order valence-corrected chi connectivity index (χ3v) is 6.82. The Morgan fingerprint density at radius 3 is 2.73 bits per heavy atom. The summed E-state index contributed by atoms with van der Waals surface area (Å²) < 4.78 is 14.0. The van der Waals surface area contributed by atoms with E-state index in [-0.39, 0.29) is 5.82 Å². The van der Waals surface area contributed by atoms with Crippen LogP contribution in [-0.2, 0) is 0 Å². The van der Waals surface area contributed by atoms with E-state index in [0.717, 1.165) is 66.0 Å². The van der Waals surface area contributed by atoms with Gasteiger partial charge in [-0.25, -0.2) is 19.3 Å².